The van der Waals surface area contributed by atoms with Gasteiger partial charge < -0.3 is 15.7 Å². The molecule has 0 aromatic heterocycles. The maximum Gasteiger partial charge on any atom is 0.227 e. The van der Waals surface area contributed by atoms with Crippen molar-refractivity contribution in [3.63, 3.8) is 0 Å². The summed E-state index contributed by atoms with van der Waals surface area (Å²) in [6.07, 6.45) is -0.704. The molecule has 3 N–H and O–H groups in total. The fourth-order valence-corrected chi connectivity index (χ4v) is 2.88. The zero-order valence-electron chi connectivity index (χ0n) is 15.2. The zero-order chi connectivity index (χ0) is 18.4. The number of amides is 1. The van der Waals surface area contributed by atoms with Crippen molar-refractivity contribution < 1.29 is 9.90 Å². The van der Waals surface area contributed by atoms with E-state index in [1.54, 1.807) is 4.90 Å². The first-order valence-corrected chi connectivity index (χ1v) is 8.78. The molecule has 25 heavy (non-hydrogen) atoms. The van der Waals surface area contributed by atoms with E-state index in [1.165, 1.54) is 0 Å². The second-order valence-electron chi connectivity index (χ2n) is 6.53. The van der Waals surface area contributed by atoms with E-state index in [0.717, 1.165) is 16.7 Å². The summed E-state index contributed by atoms with van der Waals surface area (Å²) in [6, 6.07) is 17.0. The van der Waals surface area contributed by atoms with Crippen LogP contribution in [0.5, 0.6) is 0 Å². The number of aliphatic hydroxyl groups is 1. The number of aliphatic hydroxyl groups excluding tert-OH is 1. The molecule has 2 aromatic carbocycles. The monoisotopic (exact) mass is 340 g/mol. The average Bonchev–Trinajstić information content (AvgIpc) is 2.65. The molecule has 0 heterocycles. The lowest BCUT2D eigenvalue weighted by molar-refractivity contribution is -0.137. The number of hydrogen-bond acceptors (Lipinski definition) is 3. The minimum absolute atomic E-state index is 0.0370. The first kappa shape index (κ1) is 19.2. The molecule has 0 aliphatic heterocycles. The molecular weight excluding hydrogens is 312 g/mol. The molecule has 2 aromatic rings. The van der Waals surface area contributed by atoms with Crippen LogP contribution >= 0.6 is 0 Å². The highest BCUT2D eigenvalue weighted by atomic mass is 16.3. The third-order valence-corrected chi connectivity index (χ3v) is 4.66. The van der Waals surface area contributed by atoms with E-state index in [-0.39, 0.29) is 24.4 Å². The van der Waals surface area contributed by atoms with Gasteiger partial charge >= 0.3 is 0 Å². The first-order chi connectivity index (χ1) is 11.9. The number of hydrogen-bond donors (Lipinski definition) is 2. The maximum absolute atomic E-state index is 12.8. The predicted octanol–water partition coefficient (Wildman–Crippen LogP) is 3.21. The van der Waals surface area contributed by atoms with Crippen molar-refractivity contribution in [3.05, 3.63) is 71.3 Å². The Morgan fingerprint density at radius 3 is 2.24 bits per heavy atom. The minimum atomic E-state index is -0.704. The SMILES string of the molecule is CCN(CC(O)c1ccc(C)cc1)C(=O)C(C)C(N)c1ccccc1. The fourth-order valence-electron chi connectivity index (χ4n) is 2.88. The van der Waals surface area contributed by atoms with E-state index in [1.807, 2.05) is 75.4 Å². The van der Waals surface area contributed by atoms with Gasteiger partial charge in [0.05, 0.1) is 18.6 Å². The number of rotatable bonds is 7. The largest absolute Gasteiger partial charge is 0.387 e. The Balaban J connectivity index is 2.05. The van der Waals surface area contributed by atoms with Crippen LogP contribution in [0.4, 0.5) is 0 Å². The van der Waals surface area contributed by atoms with Gasteiger partial charge in [-0.1, -0.05) is 67.1 Å². The molecule has 0 fully saturated rings. The van der Waals surface area contributed by atoms with Crippen LogP contribution in [0.1, 0.15) is 42.7 Å². The Hall–Kier alpha value is -2.17. The normalized spacial score (nSPS) is 14.6. The number of carbonyl (C=O) groups excluding carboxylic acids is 1. The summed E-state index contributed by atoms with van der Waals surface area (Å²) in [4.78, 5) is 14.5. The lowest BCUT2D eigenvalue weighted by Crippen LogP contribution is -2.41. The first-order valence-electron chi connectivity index (χ1n) is 8.78. The van der Waals surface area contributed by atoms with Gasteiger partial charge in [0.15, 0.2) is 0 Å². The predicted molar refractivity (Wildman–Crippen MR) is 101 cm³/mol. The Kier molecular flexibility index (Phi) is 6.73. The van der Waals surface area contributed by atoms with E-state index in [2.05, 4.69) is 0 Å². The van der Waals surface area contributed by atoms with Crippen molar-refractivity contribution >= 4 is 5.91 Å². The summed E-state index contributed by atoms with van der Waals surface area (Å²) in [5, 5.41) is 10.5. The highest BCUT2D eigenvalue weighted by Gasteiger charge is 2.27. The molecule has 0 bridgehead atoms. The van der Waals surface area contributed by atoms with Crippen LogP contribution in [0.3, 0.4) is 0 Å². The lowest BCUT2D eigenvalue weighted by atomic mass is 9.94. The van der Waals surface area contributed by atoms with Gasteiger partial charge in [-0.15, -0.1) is 0 Å². The third kappa shape index (κ3) is 4.91. The van der Waals surface area contributed by atoms with Crippen LogP contribution in [-0.4, -0.2) is 29.0 Å². The zero-order valence-corrected chi connectivity index (χ0v) is 15.2. The van der Waals surface area contributed by atoms with Gasteiger partial charge in [0.2, 0.25) is 5.91 Å². The van der Waals surface area contributed by atoms with Gasteiger partial charge in [-0.25, -0.2) is 0 Å². The second kappa shape index (κ2) is 8.79. The minimum Gasteiger partial charge on any atom is -0.387 e. The van der Waals surface area contributed by atoms with Crippen molar-refractivity contribution in [2.75, 3.05) is 13.1 Å². The van der Waals surface area contributed by atoms with Crippen LogP contribution in [0.2, 0.25) is 0 Å². The van der Waals surface area contributed by atoms with Gasteiger partial charge in [0.1, 0.15) is 0 Å². The molecule has 0 spiro atoms. The standard InChI is InChI=1S/C21H28N2O2/c1-4-23(14-19(24)17-12-10-15(2)11-13-17)21(25)16(3)20(22)18-8-6-5-7-9-18/h5-13,16,19-20,24H,4,14,22H2,1-3H3. The van der Waals surface area contributed by atoms with Gasteiger partial charge in [0.25, 0.3) is 0 Å². The molecule has 0 aliphatic carbocycles. The van der Waals surface area contributed by atoms with E-state index >= 15 is 0 Å². The quantitative estimate of drug-likeness (QED) is 0.813. The molecular formula is C21H28N2O2. The third-order valence-electron chi connectivity index (χ3n) is 4.66. The summed E-state index contributed by atoms with van der Waals surface area (Å²) in [6.45, 7) is 6.57. The number of aryl methyl sites for hydroxylation is 1. The number of carbonyl (C=O) groups is 1. The Bertz CT molecular complexity index is 670. The smallest absolute Gasteiger partial charge is 0.227 e. The molecule has 0 aliphatic rings. The van der Waals surface area contributed by atoms with Crippen molar-refractivity contribution in [2.45, 2.75) is 32.9 Å². The Morgan fingerprint density at radius 2 is 1.68 bits per heavy atom. The van der Waals surface area contributed by atoms with Crippen LogP contribution in [0.25, 0.3) is 0 Å². The van der Waals surface area contributed by atoms with Crippen LogP contribution in [0, 0.1) is 12.8 Å². The van der Waals surface area contributed by atoms with Crippen molar-refractivity contribution in [2.24, 2.45) is 11.7 Å². The second-order valence-corrected chi connectivity index (χ2v) is 6.53. The summed E-state index contributed by atoms with van der Waals surface area (Å²) in [7, 11) is 0. The van der Waals surface area contributed by atoms with Crippen LogP contribution in [-0.2, 0) is 4.79 Å². The topological polar surface area (TPSA) is 66.6 Å². The Labute approximate surface area is 150 Å². The molecule has 2 rings (SSSR count). The maximum atomic E-state index is 12.8. The summed E-state index contributed by atoms with van der Waals surface area (Å²) in [5.41, 5.74) is 9.18. The van der Waals surface area contributed by atoms with E-state index in [4.69, 9.17) is 5.73 Å². The number of benzene rings is 2. The van der Waals surface area contributed by atoms with Gasteiger partial charge in [-0.2, -0.15) is 0 Å². The summed E-state index contributed by atoms with van der Waals surface area (Å²) in [5.74, 6) is -0.391. The number of nitrogens with two attached hydrogens (primary N) is 1. The average molecular weight is 340 g/mol. The van der Waals surface area contributed by atoms with E-state index in [0.29, 0.717) is 6.54 Å². The van der Waals surface area contributed by atoms with Crippen molar-refractivity contribution in [1.29, 1.82) is 0 Å². The highest BCUT2D eigenvalue weighted by molar-refractivity contribution is 5.79. The highest BCUT2D eigenvalue weighted by Crippen LogP contribution is 2.22. The van der Waals surface area contributed by atoms with Crippen LogP contribution < -0.4 is 5.73 Å². The Morgan fingerprint density at radius 1 is 1.08 bits per heavy atom. The summed E-state index contributed by atoms with van der Waals surface area (Å²) < 4.78 is 0. The van der Waals surface area contributed by atoms with Gasteiger partial charge in [-0.3, -0.25) is 4.79 Å². The van der Waals surface area contributed by atoms with Gasteiger partial charge in [-0.05, 0) is 25.0 Å². The molecule has 0 saturated carbocycles. The molecule has 0 saturated heterocycles. The van der Waals surface area contributed by atoms with Crippen molar-refractivity contribution in [1.82, 2.24) is 4.90 Å². The lowest BCUT2D eigenvalue weighted by Gasteiger charge is -2.29. The van der Waals surface area contributed by atoms with Gasteiger partial charge in [0, 0.05) is 12.6 Å². The number of nitrogens with zero attached hydrogens (tertiary/aromatic N) is 1. The fraction of sp³-hybridized carbons (Fsp3) is 0.381. The van der Waals surface area contributed by atoms with E-state index < -0.39 is 6.10 Å². The van der Waals surface area contributed by atoms with E-state index in [9.17, 15) is 9.90 Å². The molecule has 4 heteroatoms. The number of likely N-dealkylation sites (N-methyl/N-ethyl adjacent to an activating group) is 1. The molecule has 1 amide bonds. The van der Waals surface area contributed by atoms with Crippen LogP contribution in [0.15, 0.2) is 54.6 Å². The molecule has 0 radical (unpaired) electrons. The molecule has 134 valence electrons. The summed E-state index contributed by atoms with van der Waals surface area (Å²) >= 11 is 0. The molecule has 4 nitrogen and oxygen atoms in total. The molecule has 3 atom stereocenters. The van der Waals surface area contributed by atoms with Crippen molar-refractivity contribution in [3.8, 4) is 0 Å². The molecule has 3 unspecified atom stereocenters.